The summed E-state index contributed by atoms with van der Waals surface area (Å²) in [7, 11) is 0. The van der Waals surface area contributed by atoms with E-state index in [2.05, 4.69) is 39.8 Å². The van der Waals surface area contributed by atoms with Crippen LogP contribution in [0.15, 0.2) is 30.3 Å². The molecule has 1 aromatic rings. The SMILES string of the molecule is O=C(CN1CCCC1Cc1ccccc1)NC1CCCCNC1=O. The second-order valence-corrected chi connectivity index (χ2v) is 6.86. The number of nitrogens with zero attached hydrogens (tertiary/aromatic N) is 1. The molecule has 2 aliphatic heterocycles. The minimum Gasteiger partial charge on any atom is -0.354 e. The second kappa shape index (κ2) is 8.29. The van der Waals surface area contributed by atoms with Gasteiger partial charge in [-0.2, -0.15) is 0 Å². The zero-order valence-corrected chi connectivity index (χ0v) is 14.2. The van der Waals surface area contributed by atoms with Gasteiger partial charge in [-0.1, -0.05) is 30.3 Å². The van der Waals surface area contributed by atoms with Crippen molar-refractivity contribution < 1.29 is 9.59 Å². The number of hydrogen-bond acceptors (Lipinski definition) is 3. The van der Waals surface area contributed by atoms with Gasteiger partial charge < -0.3 is 10.6 Å². The highest BCUT2D eigenvalue weighted by Crippen LogP contribution is 2.20. The quantitative estimate of drug-likeness (QED) is 0.860. The maximum atomic E-state index is 12.4. The summed E-state index contributed by atoms with van der Waals surface area (Å²) < 4.78 is 0. The Hall–Kier alpha value is -1.88. The molecule has 2 unspecified atom stereocenters. The molecule has 1 aromatic carbocycles. The highest BCUT2D eigenvalue weighted by molar-refractivity contribution is 5.88. The standard InChI is InChI=1S/C19H27N3O2/c23-18(21-17-10-4-5-11-20-19(17)24)14-22-12-6-9-16(22)13-15-7-2-1-3-8-15/h1-3,7-8,16-17H,4-6,9-14H2,(H,20,24)(H,21,23). The number of likely N-dealkylation sites (tertiary alicyclic amines) is 1. The molecule has 2 saturated heterocycles. The van der Waals surface area contributed by atoms with Crippen molar-refractivity contribution >= 4 is 11.8 Å². The van der Waals surface area contributed by atoms with Crippen LogP contribution in [0.3, 0.4) is 0 Å². The van der Waals surface area contributed by atoms with E-state index in [1.807, 2.05) is 6.07 Å². The molecule has 2 N–H and O–H groups in total. The fraction of sp³-hybridized carbons (Fsp3) is 0.579. The van der Waals surface area contributed by atoms with E-state index in [1.54, 1.807) is 0 Å². The van der Waals surface area contributed by atoms with Gasteiger partial charge in [0.1, 0.15) is 6.04 Å². The van der Waals surface area contributed by atoms with Crippen LogP contribution < -0.4 is 10.6 Å². The summed E-state index contributed by atoms with van der Waals surface area (Å²) in [4.78, 5) is 26.6. The number of carbonyl (C=O) groups is 2. The van der Waals surface area contributed by atoms with Crippen molar-refractivity contribution in [2.45, 2.75) is 50.6 Å². The summed E-state index contributed by atoms with van der Waals surface area (Å²) >= 11 is 0. The molecule has 5 nitrogen and oxygen atoms in total. The molecule has 2 aliphatic rings. The van der Waals surface area contributed by atoms with E-state index in [4.69, 9.17) is 0 Å². The van der Waals surface area contributed by atoms with Crippen LogP contribution in [0.5, 0.6) is 0 Å². The summed E-state index contributed by atoms with van der Waals surface area (Å²) in [5.74, 6) is -0.0693. The zero-order chi connectivity index (χ0) is 16.8. The van der Waals surface area contributed by atoms with Crippen molar-refractivity contribution in [3.8, 4) is 0 Å². The fourth-order valence-electron chi connectivity index (χ4n) is 3.72. The second-order valence-electron chi connectivity index (χ2n) is 6.86. The van der Waals surface area contributed by atoms with Crippen molar-refractivity contribution in [1.82, 2.24) is 15.5 Å². The molecular weight excluding hydrogens is 302 g/mol. The lowest BCUT2D eigenvalue weighted by Gasteiger charge is -2.25. The Morgan fingerprint density at radius 1 is 1.17 bits per heavy atom. The summed E-state index contributed by atoms with van der Waals surface area (Å²) in [6.45, 7) is 2.07. The topological polar surface area (TPSA) is 61.4 Å². The third kappa shape index (κ3) is 4.57. The van der Waals surface area contributed by atoms with Gasteiger partial charge in [0.2, 0.25) is 11.8 Å². The lowest BCUT2D eigenvalue weighted by molar-refractivity contribution is -0.129. The molecule has 0 spiro atoms. The van der Waals surface area contributed by atoms with Crippen LogP contribution in [-0.2, 0) is 16.0 Å². The predicted octanol–water partition coefficient (Wildman–Crippen LogP) is 1.48. The van der Waals surface area contributed by atoms with Crippen LogP contribution in [-0.4, -0.2) is 48.4 Å². The Labute approximate surface area is 143 Å². The Kier molecular flexibility index (Phi) is 5.86. The molecule has 130 valence electrons. The van der Waals surface area contributed by atoms with E-state index in [0.29, 0.717) is 12.6 Å². The van der Waals surface area contributed by atoms with Gasteiger partial charge in [-0.15, -0.1) is 0 Å². The highest BCUT2D eigenvalue weighted by Gasteiger charge is 2.28. The minimum atomic E-state index is -0.366. The first-order valence-electron chi connectivity index (χ1n) is 9.07. The molecule has 0 aliphatic carbocycles. The first-order chi connectivity index (χ1) is 11.7. The van der Waals surface area contributed by atoms with E-state index < -0.39 is 0 Å². The summed E-state index contributed by atoms with van der Waals surface area (Å²) in [6.07, 6.45) is 5.96. The summed E-state index contributed by atoms with van der Waals surface area (Å²) in [5.41, 5.74) is 1.32. The Morgan fingerprint density at radius 3 is 2.83 bits per heavy atom. The highest BCUT2D eigenvalue weighted by atomic mass is 16.2. The van der Waals surface area contributed by atoms with Crippen LogP contribution in [0.1, 0.15) is 37.7 Å². The number of rotatable bonds is 5. The largest absolute Gasteiger partial charge is 0.354 e. The van der Waals surface area contributed by atoms with Gasteiger partial charge in [-0.25, -0.2) is 0 Å². The fourth-order valence-corrected chi connectivity index (χ4v) is 3.72. The summed E-state index contributed by atoms with van der Waals surface area (Å²) in [5, 5.41) is 5.80. The molecule has 2 atom stereocenters. The maximum Gasteiger partial charge on any atom is 0.242 e. The van der Waals surface area contributed by atoms with Crippen molar-refractivity contribution in [1.29, 1.82) is 0 Å². The molecule has 0 radical (unpaired) electrons. The van der Waals surface area contributed by atoms with Crippen molar-refractivity contribution in [2.24, 2.45) is 0 Å². The molecular formula is C19H27N3O2. The predicted molar refractivity (Wildman–Crippen MR) is 93.5 cm³/mol. The average Bonchev–Trinajstić information content (AvgIpc) is 2.90. The van der Waals surface area contributed by atoms with Crippen LogP contribution in [0, 0.1) is 0 Å². The van der Waals surface area contributed by atoms with Crippen LogP contribution in [0.2, 0.25) is 0 Å². The van der Waals surface area contributed by atoms with Gasteiger partial charge in [-0.05, 0) is 50.6 Å². The molecule has 0 aromatic heterocycles. The number of amides is 2. The van der Waals surface area contributed by atoms with E-state index in [9.17, 15) is 9.59 Å². The van der Waals surface area contributed by atoms with Crippen molar-refractivity contribution in [3.63, 3.8) is 0 Å². The molecule has 0 bridgehead atoms. The van der Waals surface area contributed by atoms with Crippen molar-refractivity contribution in [2.75, 3.05) is 19.6 Å². The molecule has 0 saturated carbocycles. The Morgan fingerprint density at radius 2 is 2.00 bits per heavy atom. The third-order valence-corrected chi connectivity index (χ3v) is 5.03. The number of benzene rings is 1. The molecule has 2 fully saturated rings. The average molecular weight is 329 g/mol. The van der Waals surface area contributed by atoms with Gasteiger partial charge in [0.15, 0.2) is 0 Å². The lowest BCUT2D eigenvalue weighted by Crippen LogP contribution is -2.49. The van der Waals surface area contributed by atoms with Crippen LogP contribution >= 0.6 is 0 Å². The number of carbonyl (C=O) groups excluding carboxylic acids is 2. The number of nitrogens with one attached hydrogen (secondary N) is 2. The van der Waals surface area contributed by atoms with Gasteiger partial charge in [0.05, 0.1) is 6.54 Å². The van der Waals surface area contributed by atoms with Gasteiger partial charge in [-0.3, -0.25) is 14.5 Å². The summed E-state index contributed by atoms with van der Waals surface area (Å²) in [6, 6.07) is 10.5. The minimum absolute atomic E-state index is 0.0305. The van der Waals surface area contributed by atoms with E-state index in [0.717, 1.165) is 51.6 Å². The smallest absolute Gasteiger partial charge is 0.242 e. The maximum absolute atomic E-state index is 12.4. The third-order valence-electron chi connectivity index (χ3n) is 5.03. The molecule has 3 rings (SSSR count). The molecule has 2 amide bonds. The van der Waals surface area contributed by atoms with E-state index in [-0.39, 0.29) is 17.9 Å². The first-order valence-corrected chi connectivity index (χ1v) is 9.07. The first kappa shape index (κ1) is 17.0. The molecule has 5 heteroatoms. The van der Waals surface area contributed by atoms with Gasteiger partial charge in [0.25, 0.3) is 0 Å². The van der Waals surface area contributed by atoms with Gasteiger partial charge >= 0.3 is 0 Å². The van der Waals surface area contributed by atoms with E-state index in [1.165, 1.54) is 5.56 Å². The molecule has 24 heavy (non-hydrogen) atoms. The van der Waals surface area contributed by atoms with E-state index >= 15 is 0 Å². The lowest BCUT2D eigenvalue weighted by atomic mass is 10.0. The Balaban J connectivity index is 1.52. The molecule has 2 heterocycles. The van der Waals surface area contributed by atoms with Gasteiger partial charge in [0, 0.05) is 12.6 Å². The monoisotopic (exact) mass is 329 g/mol. The normalized spacial score (nSPS) is 25.1. The zero-order valence-electron chi connectivity index (χ0n) is 14.2. The van der Waals surface area contributed by atoms with Crippen LogP contribution in [0.4, 0.5) is 0 Å². The number of hydrogen-bond donors (Lipinski definition) is 2. The van der Waals surface area contributed by atoms with Crippen molar-refractivity contribution in [3.05, 3.63) is 35.9 Å². The van der Waals surface area contributed by atoms with Crippen LogP contribution in [0.25, 0.3) is 0 Å². The Bertz CT molecular complexity index is 561.